The number of ether oxygens (including phenoxy) is 4. The van der Waals surface area contributed by atoms with E-state index in [0.29, 0.717) is 35.5 Å². The number of quaternary nitrogens is 2. The fourth-order valence-electron chi connectivity index (χ4n) is 9.23. The summed E-state index contributed by atoms with van der Waals surface area (Å²) in [7, 11) is 5.50. The smallest absolute Gasteiger partial charge is 0.480 e. The first-order chi connectivity index (χ1) is 30.5. The fraction of sp³-hybridized carbons (Fsp3) is 0.609. The first-order valence-electron chi connectivity index (χ1n) is 22.0. The summed E-state index contributed by atoms with van der Waals surface area (Å²) >= 11 is 0. The molecule has 0 aromatic heterocycles. The highest BCUT2D eigenvalue weighted by Gasteiger charge is 2.60. The van der Waals surface area contributed by atoms with Gasteiger partial charge in [0.05, 0.1) is 28.4 Å². The quantitative estimate of drug-likeness (QED) is 0.0722. The second-order valence-corrected chi connectivity index (χ2v) is 16.7. The standard InChI is InChI=1S/C46H68N4O14/c1-11-17-33(3)49(27-23-45(24-28-49,43(55)59-9)47(35(5)51)61-31-37-19-13-15-21-39(37)57-7)63-41(53)42(54)64-50(34(4)18-12-2)29-25-46(26-30-50,44(56)60-10)48(36(6)52)62-32-38-20-14-16-22-40(38)58-8/h13-16,19-22,33-34H,11-12,17-18,23-32H2,1-10H3/q+2. The van der Waals surface area contributed by atoms with Gasteiger partial charge >= 0.3 is 23.9 Å². The molecule has 2 fully saturated rings. The highest BCUT2D eigenvalue weighted by Crippen LogP contribution is 2.40. The molecule has 0 spiro atoms. The number of para-hydroxylation sites is 2. The summed E-state index contributed by atoms with van der Waals surface area (Å²) in [6.45, 7) is 10.3. The van der Waals surface area contributed by atoms with Crippen molar-refractivity contribution in [1.29, 1.82) is 0 Å². The van der Waals surface area contributed by atoms with Crippen LogP contribution in [0.2, 0.25) is 0 Å². The van der Waals surface area contributed by atoms with Gasteiger partial charge in [0.15, 0.2) is 11.1 Å². The number of nitrogens with zero attached hydrogens (tertiary/aromatic N) is 4. The first-order valence-corrected chi connectivity index (χ1v) is 22.0. The predicted octanol–water partition coefficient (Wildman–Crippen LogP) is 5.30. The van der Waals surface area contributed by atoms with Crippen LogP contribution in [0.1, 0.15) is 104 Å². The van der Waals surface area contributed by atoms with Gasteiger partial charge in [-0.1, -0.05) is 63.1 Å². The number of carbonyl (C=O) groups excluding carboxylic acids is 6. The molecule has 0 bridgehead atoms. The molecule has 0 aliphatic carbocycles. The lowest BCUT2D eigenvalue weighted by Crippen LogP contribution is -2.69. The minimum Gasteiger partial charge on any atom is -0.496 e. The van der Waals surface area contributed by atoms with E-state index < -0.39 is 46.8 Å². The maximum Gasteiger partial charge on any atom is 0.480 e. The molecule has 2 atom stereocenters. The van der Waals surface area contributed by atoms with Crippen LogP contribution in [0.4, 0.5) is 0 Å². The van der Waals surface area contributed by atoms with E-state index in [1.54, 1.807) is 48.5 Å². The van der Waals surface area contributed by atoms with E-state index in [4.69, 9.17) is 38.3 Å². The van der Waals surface area contributed by atoms with Gasteiger partial charge < -0.3 is 18.9 Å². The summed E-state index contributed by atoms with van der Waals surface area (Å²) < 4.78 is 20.8. The van der Waals surface area contributed by atoms with E-state index in [-0.39, 0.29) is 86.5 Å². The molecular weight excluding hydrogens is 833 g/mol. The van der Waals surface area contributed by atoms with Gasteiger partial charge in [0.25, 0.3) is 0 Å². The van der Waals surface area contributed by atoms with Gasteiger partial charge in [-0.25, -0.2) is 29.3 Å². The van der Waals surface area contributed by atoms with Crippen molar-refractivity contribution in [2.75, 3.05) is 54.6 Å². The van der Waals surface area contributed by atoms with Gasteiger partial charge in [-0.3, -0.25) is 28.9 Å². The largest absolute Gasteiger partial charge is 0.496 e. The zero-order chi connectivity index (χ0) is 47.3. The number of likely N-dealkylation sites (tertiary alicyclic amines) is 2. The number of piperidine rings is 2. The van der Waals surface area contributed by atoms with Crippen LogP contribution in [0.25, 0.3) is 0 Å². The Kier molecular flexibility index (Phi) is 18.1. The number of carbonyl (C=O) groups is 6. The van der Waals surface area contributed by atoms with Gasteiger partial charge in [-0.2, -0.15) is 0 Å². The molecule has 2 aromatic rings. The molecular formula is C46H68N4O14+2. The molecule has 0 saturated carbocycles. The molecule has 0 N–H and O–H groups in total. The van der Waals surface area contributed by atoms with Crippen LogP contribution in [0, 0.1) is 0 Å². The Morgan fingerprint density at radius 2 is 0.906 bits per heavy atom. The van der Waals surface area contributed by atoms with Gasteiger partial charge in [0, 0.05) is 63.5 Å². The molecule has 2 unspecified atom stereocenters. The van der Waals surface area contributed by atoms with Crippen LogP contribution in [0.5, 0.6) is 11.5 Å². The average Bonchev–Trinajstić information content (AvgIpc) is 3.29. The van der Waals surface area contributed by atoms with Crippen molar-refractivity contribution in [2.24, 2.45) is 0 Å². The maximum absolute atomic E-state index is 14.1. The molecule has 2 saturated heterocycles. The minimum atomic E-state index is -1.58. The minimum absolute atomic E-state index is 0.0285. The summed E-state index contributed by atoms with van der Waals surface area (Å²) in [6.07, 6.45) is 2.53. The van der Waals surface area contributed by atoms with E-state index in [9.17, 15) is 28.8 Å². The second kappa shape index (κ2) is 22.5. The van der Waals surface area contributed by atoms with Crippen LogP contribution < -0.4 is 9.47 Å². The van der Waals surface area contributed by atoms with Crippen molar-refractivity contribution in [3.63, 3.8) is 0 Å². The van der Waals surface area contributed by atoms with Gasteiger partial charge in [-0.05, 0) is 26.0 Å². The Morgan fingerprint density at radius 3 is 1.19 bits per heavy atom. The van der Waals surface area contributed by atoms with Crippen LogP contribution in [-0.2, 0) is 70.8 Å². The number of hydrogen-bond donors (Lipinski definition) is 0. The maximum atomic E-state index is 14.1. The number of esters is 2. The summed E-state index contributed by atoms with van der Waals surface area (Å²) in [4.78, 5) is 107. The lowest BCUT2D eigenvalue weighted by molar-refractivity contribution is -1.11. The SMILES string of the molecule is CCCC(C)[N+]1(OC(=O)C(=O)O[N+]2(C(C)CCC)CCC(C(=O)OC)(N(OCc3ccccc3OC)C(C)=O)CC2)CCC(C(=O)OC)(N(OCc2ccccc2OC)C(C)=O)CC1. The normalized spacial score (nSPS) is 24.0. The van der Waals surface area contributed by atoms with Gasteiger partial charge in [0.2, 0.25) is 11.8 Å². The topological polar surface area (TPSA) is 183 Å². The Labute approximate surface area is 376 Å². The highest BCUT2D eigenvalue weighted by molar-refractivity contribution is 6.29. The van der Waals surface area contributed by atoms with Gasteiger partial charge in [0.1, 0.15) is 63.0 Å². The van der Waals surface area contributed by atoms with Crippen molar-refractivity contribution < 1.29 is 76.4 Å². The zero-order valence-corrected chi connectivity index (χ0v) is 39.2. The molecule has 2 heterocycles. The van der Waals surface area contributed by atoms with E-state index in [0.717, 1.165) is 23.0 Å². The monoisotopic (exact) mass is 900 g/mol. The van der Waals surface area contributed by atoms with Gasteiger partial charge in [-0.15, -0.1) is 9.29 Å². The van der Waals surface area contributed by atoms with E-state index in [2.05, 4.69) is 0 Å². The van der Waals surface area contributed by atoms with E-state index in [1.807, 2.05) is 27.7 Å². The number of benzene rings is 2. The van der Waals surface area contributed by atoms with Crippen LogP contribution in [0.15, 0.2) is 48.5 Å². The van der Waals surface area contributed by atoms with Crippen LogP contribution >= 0.6 is 0 Å². The summed E-state index contributed by atoms with van der Waals surface area (Å²) in [5, 5.41) is 2.09. The molecule has 354 valence electrons. The molecule has 18 heteroatoms. The zero-order valence-electron chi connectivity index (χ0n) is 39.2. The third kappa shape index (κ3) is 11.0. The van der Waals surface area contributed by atoms with Crippen LogP contribution in [-0.4, -0.2) is 133 Å². The lowest BCUT2D eigenvalue weighted by atomic mass is 9.85. The summed E-state index contributed by atoms with van der Waals surface area (Å²) in [5.41, 5.74) is -1.88. The second-order valence-electron chi connectivity index (χ2n) is 16.7. The number of hydroxylamine groups is 10. The fourth-order valence-corrected chi connectivity index (χ4v) is 9.23. The summed E-state index contributed by atoms with van der Waals surface area (Å²) in [6, 6.07) is 13.6. The highest BCUT2D eigenvalue weighted by atomic mass is 16.8. The molecule has 2 aliphatic heterocycles. The molecule has 2 aromatic carbocycles. The van der Waals surface area contributed by atoms with Crippen LogP contribution in [0.3, 0.4) is 0 Å². The van der Waals surface area contributed by atoms with Crippen molar-refractivity contribution in [2.45, 2.75) is 129 Å². The van der Waals surface area contributed by atoms with Crippen molar-refractivity contribution in [3.8, 4) is 11.5 Å². The Balaban J connectivity index is 1.60. The summed E-state index contributed by atoms with van der Waals surface area (Å²) in [5.74, 6) is -3.87. The Hall–Kier alpha value is -5.30. The van der Waals surface area contributed by atoms with Crippen molar-refractivity contribution in [3.05, 3.63) is 59.7 Å². The molecule has 0 radical (unpaired) electrons. The number of amides is 2. The Morgan fingerprint density at radius 1 is 0.578 bits per heavy atom. The lowest BCUT2D eigenvalue weighted by Gasteiger charge is -2.49. The van der Waals surface area contributed by atoms with Crippen molar-refractivity contribution >= 4 is 35.7 Å². The Bertz CT molecular complexity index is 1800. The molecule has 4 rings (SSSR count). The first kappa shape index (κ1) is 51.3. The average molecular weight is 901 g/mol. The number of methoxy groups -OCH3 is 4. The molecule has 18 nitrogen and oxygen atoms in total. The molecule has 2 aliphatic rings. The van der Waals surface area contributed by atoms with E-state index >= 15 is 0 Å². The predicted molar refractivity (Wildman–Crippen MR) is 229 cm³/mol. The molecule has 2 amide bonds. The van der Waals surface area contributed by atoms with Crippen molar-refractivity contribution in [1.82, 2.24) is 10.1 Å². The molecule has 64 heavy (non-hydrogen) atoms. The third-order valence-electron chi connectivity index (χ3n) is 12.9. The number of hydrogen-bond acceptors (Lipinski definition) is 14. The number of rotatable bonds is 20. The van der Waals surface area contributed by atoms with E-state index in [1.165, 1.54) is 42.3 Å². The third-order valence-corrected chi connectivity index (χ3v) is 12.9.